The molecule has 5 heteroatoms. The van der Waals surface area contributed by atoms with Gasteiger partial charge < -0.3 is 0 Å². The van der Waals surface area contributed by atoms with E-state index in [1.807, 2.05) is 0 Å². The summed E-state index contributed by atoms with van der Waals surface area (Å²) in [6, 6.07) is 0. The lowest BCUT2D eigenvalue weighted by molar-refractivity contribution is 0.0253. The Kier molecular flexibility index (Phi) is 2.51. The van der Waals surface area contributed by atoms with Crippen LogP contribution >= 0.6 is 15.9 Å². The maximum Gasteiger partial charge on any atom is 0.224 e. The number of hydrogen-bond donors (Lipinski definition) is 0. The molecule has 1 aromatic rings. The predicted molar refractivity (Wildman–Crippen MR) is 45.3 cm³/mol. The van der Waals surface area contributed by atoms with Crippen LogP contribution in [0.25, 0.3) is 0 Å². The van der Waals surface area contributed by atoms with Gasteiger partial charge in [0.2, 0.25) is 6.30 Å². The van der Waals surface area contributed by atoms with E-state index in [0.29, 0.717) is 4.47 Å². The molecule has 2 nitrogen and oxygen atoms in total. The topological polar surface area (TPSA) is 17.8 Å². The van der Waals surface area contributed by atoms with Gasteiger partial charge >= 0.3 is 0 Å². The van der Waals surface area contributed by atoms with Crippen molar-refractivity contribution in [1.29, 1.82) is 0 Å². The molecular formula is C7H9BrF2N2. The molecule has 1 unspecified atom stereocenters. The minimum Gasteiger partial charge on any atom is -0.239 e. The van der Waals surface area contributed by atoms with Crippen LogP contribution in [0.1, 0.15) is 20.1 Å². The van der Waals surface area contributed by atoms with E-state index >= 15 is 0 Å². The van der Waals surface area contributed by atoms with Crippen LogP contribution in [-0.2, 0) is 0 Å². The van der Waals surface area contributed by atoms with Gasteiger partial charge in [-0.2, -0.15) is 5.10 Å². The van der Waals surface area contributed by atoms with Crippen molar-refractivity contribution in [3.8, 4) is 0 Å². The highest BCUT2D eigenvalue weighted by Crippen LogP contribution is 2.27. The average molecular weight is 239 g/mol. The van der Waals surface area contributed by atoms with Crippen molar-refractivity contribution in [2.75, 3.05) is 0 Å². The number of nitrogens with zero attached hydrogens (tertiary/aromatic N) is 2. The molecule has 68 valence electrons. The van der Waals surface area contributed by atoms with Gasteiger partial charge in [0.1, 0.15) is 0 Å². The summed E-state index contributed by atoms with van der Waals surface area (Å²) >= 11 is 3.09. The third-order valence-corrected chi connectivity index (χ3v) is 1.78. The Morgan fingerprint density at radius 2 is 2.25 bits per heavy atom. The normalized spacial score (nSPS) is 14.8. The Morgan fingerprint density at radius 1 is 1.67 bits per heavy atom. The van der Waals surface area contributed by atoms with Gasteiger partial charge in [-0.15, -0.1) is 0 Å². The van der Waals surface area contributed by atoms with Crippen LogP contribution in [0.5, 0.6) is 0 Å². The van der Waals surface area contributed by atoms with Gasteiger partial charge in [0.25, 0.3) is 0 Å². The molecule has 0 fully saturated rings. The van der Waals surface area contributed by atoms with Crippen molar-refractivity contribution in [2.24, 2.45) is 0 Å². The lowest BCUT2D eigenvalue weighted by Crippen LogP contribution is -2.25. The van der Waals surface area contributed by atoms with Crippen molar-refractivity contribution in [3.63, 3.8) is 0 Å². The third-order valence-electron chi connectivity index (χ3n) is 1.37. The van der Waals surface area contributed by atoms with E-state index in [1.54, 1.807) is 0 Å². The fourth-order valence-electron chi connectivity index (χ4n) is 0.753. The summed E-state index contributed by atoms with van der Waals surface area (Å²) in [7, 11) is 0. The monoisotopic (exact) mass is 238 g/mol. The fraction of sp³-hybridized carbons (Fsp3) is 0.571. The second kappa shape index (κ2) is 3.12. The number of aromatic nitrogens is 2. The molecule has 1 heterocycles. The summed E-state index contributed by atoms with van der Waals surface area (Å²) in [5.41, 5.74) is -1.91. The average Bonchev–Trinajstić information content (AvgIpc) is 2.32. The zero-order valence-corrected chi connectivity index (χ0v) is 8.35. The zero-order chi connectivity index (χ0) is 9.35. The molecule has 0 bridgehead atoms. The van der Waals surface area contributed by atoms with Crippen LogP contribution in [0.2, 0.25) is 0 Å². The van der Waals surface area contributed by atoms with Gasteiger partial charge in [0.05, 0.1) is 10.7 Å². The summed E-state index contributed by atoms with van der Waals surface area (Å²) in [6.45, 7) is 2.35. The predicted octanol–water partition coefficient (Wildman–Crippen LogP) is 2.86. The molecule has 0 radical (unpaired) electrons. The first-order valence-electron chi connectivity index (χ1n) is 3.44. The second-order valence-corrected chi connectivity index (χ2v) is 3.95. The van der Waals surface area contributed by atoms with E-state index in [2.05, 4.69) is 21.0 Å². The van der Waals surface area contributed by atoms with Crippen molar-refractivity contribution < 1.29 is 8.78 Å². The summed E-state index contributed by atoms with van der Waals surface area (Å²) in [4.78, 5) is 0. The Labute approximate surface area is 77.7 Å². The maximum atomic E-state index is 13.2. The third kappa shape index (κ3) is 2.03. The molecule has 0 aromatic carbocycles. The van der Waals surface area contributed by atoms with Crippen LogP contribution in [0.3, 0.4) is 0 Å². The van der Waals surface area contributed by atoms with Gasteiger partial charge in [0, 0.05) is 6.20 Å². The largest absolute Gasteiger partial charge is 0.239 e. The molecule has 0 amide bonds. The molecule has 1 atom stereocenters. The minimum atomic E-state index is -1.91. The number of alkyl halides is 2. The molecule has 0 aliphatic carbocycles. The number of rotatable bonds is 2. The molecule has 0 aliphatic rings. The van der Waals surface area contributed by atoms with Crippen LogP contribution in [-0.4, -0.2) is 15.4 Å². The summed E-state index contributed by atoms with van der Waals surface area (Å²) in [6.07, 6.45) is 1.06. The van der Waals surface area contributed by atoms with Gasteiger partial charge in [-0.1, -0.05) is 0 Å². The highest BCUT2D eigenvalue weighted by Gasteiger charge is 2.31. The standard InChI is InChI=1S/C7H9BrF2N2/c1-7(2,10)6(9)12-4-5(8)3-11-12/h3-4,6H,1-2H3. The van der Waals surface area contributed by atoms with Crippen molar-refractivity contribution in [1.82, 2.24) is 9.78 Å². The molecule has 0 saturated heterocycles. The molecule has 1 rings (SSSR count). The summed E-state index contributed by atoms with van der Waals surface area (Å²) < 4.78 is 27.8. The van der Waals surface area contributed by atoms with E-state index in [-0.39, 0.29) is 0 Å². The van der Waals surface area contributed by atoms with E-state index in [0.717, 1.165) is 4.68 Å². The molecular weight excluding hydrogens is 230 g/mol. The van der Waals surface area contributed by atoms with Gasteiger partial charge in [-0.05, 0) is 29.8 Å². The van der Waals surface area contributed by atoms with E-state index < -0.39 is 12.0 Å². The Bertz CT molecular complexity index is 267. The van der Waals surface area contributed by atoms with Gasteiger partial charge in [0.15, 0.2) is 5.67 Å². The van der Waals surface area contributed by atoms with Crippen molar-refractivity contribution in [3.05, 3.63) is 16.9 Å². The summed E-state index contributed by atoms with van der Waals surface area (Å²) in [5.74, 6) is 0. The maximum absolute atomic E-state index is 13.2. The Hall–Kier alpha value is -0.450. The van der Waals surface area contributed by atoms with Crippen LogP contribution in [0.15, 0.2) is 16.9 Å². The molecule has 12 heavy (non-hydrogen) atoms. The molecule has 1 aromatic heterocycles. The molecule has 0 aliphatic heterocycles. The first-order chi connectivity index (χ1) is 5.41. The van der Waals surface area contributed by atoms with E-state index in [4.69, 9.17) is 0 Å². The Morgan fingerprint density at radius 3 is 2.58 bits per heavy atom. The first kappa shape index (κ1) is 9.64. The number of halogens is 3. The minimum absolute atomic E-state index is 0.634. The quantitative estimate of drug-likeness (QED) is 0.775. The zero-order valence-electron chi connectivity index (χ0n) is 6.76. The summed E-state index contributed by atoms with van der Waals surface area (Å²) in [5, 5.41) is 3.64. The fourth-order valence-corrected chi connectivity index (χ4v) is 1.05. The smallest absolute Gasteiger partial charge is 0.224 e. The Balaban J connectivity index is 2.85. The van der Waals surface area contributed by atoms with Crippen molar-refractivity contribution >= 4 is 15.9 Å². The molecule has 0 N–H and O–H groups in total. The van der Waals surface area contributed by atoms with Gasteiger partial charge in [-0.25, -0.2) is 13.5 Å². The lowest BCUT2D eigenvalue weighted by Gasteiger charge is -2.19. The SMILES string of the molecule is CC(C)(F)C(F)n1cc(Br)cn1. The highest BCUT2D eigenvalue weighted by molar-refractivity contribution is 9.10. The van der Waals surface area contributed by atoms with Gasteiger partial charge in [-0.3, -0.25) is 0 Å². The van der Waals surface area contributed by atoms with Crippen LogP contribution in [0.4, 0.5) is 8.78 Å². The van der Waals surface area contributed by atoms with Crippen molar-refractivity contribution in [2.45, 2.75) is 25.8 Å². The lowest BCUT2D eigenvalue weighted by atomic mass is 10.1. The first-order valence-corrected chi connectivity index (χ1v) is 4.23. The second-order valence-electron chi connectivity index (χ2n) is 3.04. The van der Waals surface area contributed by atoms with E-state index in [9.17, 15) is 8.78 Å². The highest BCUT2D eigenvalue weighted by atomic mass is 79.9. The van der Waals surface area contributed by atoms with Crippen LogP contribution in [0, 0.1) is 0 Å². The van der Waals surface area contributed by atoms with Crippen LogP contribution < -0.4 is 0 Å². The molecule has 0 saturated carbocycles. The molecule has 0 spiro atoms. The number of hydrogen-bond acceptors (Lipinski definition) is 1. The van der Waals surface area contributed by atoms with E-state index in [1.165, 1.54) is 26.2 Å².